The van der Waals surface area contributed by atoms with Crippen molar-refractivity contribution in [3.8, 4) is 11.3 Å². The second-order valence-corrected chi connectivity index (χ2v) is 5.84. The largest absolute Gasteiger partial charge is 0.477 e. The molecule has 0 aliphatic carbocycles. The molecule has 0 amide bonds. The van der Waals surface area contributed by atoms with Crippen molar-refractivity contribution in [2.24, 2.45) is 0 Å². The van der Waals surface area contributed by atoms with Crippen molar-refractivity contribution in [3.63, 3.8) is 0 Å². The van der Waals surface area contributed by atoms with Crippen LogP contribution in [-0.2, 0) is 6.42 Å². The number of aromatic carboxylic acids is 1. The molecule has 0 aliphatic rings. The normalized spacial score (nSPS) is 11.0. The number of nitro groups is 1. The van der Waals surface area contributed by atoms with E-state index in [2.05, 4.69) is 4.98 Å². The van der Waals surface area contributed by atoms with E-state index in [0.717, 1.165) is 6.42 Å². The number of imidazole rings is 1. The standard InChI is InChI=1S/C15H13N3O4S/c1-2-3-11-13(14(19)20)17-12(8-23-15(17)16-11)9-4-6-10(7-5-9)18(21)22/h4-8H,2-3H2,1H3,(H,19,20). The van der Waals surface area contributed by atoms with Gasteiger partial charge in [-0.05, 0) is 24.1 Å². The molecule has 0 unspecified atom stereocenters. The van der Waals surface area contributed by atoms with Crippen molar-refractivity contribution >= 4 is 28.0 Å². The van der Waals surface area contributed by atoms with Gasteiger partial charge in [0.15, 0.2) is 10.7 Å². The van der Waals surface area contributed by atoms with E-state index in [1.54, 1.807) is 16.5 Å². The maximum atomic E-state index is 11.7. The highest BCUT2D eigenvalue weighted by Crippen LogP contribution is 2.30. The zero-order valence-corrected chi connectivity index (χ0v) is 13.0. The Morgan fingerprint density at radius 2 is 2.09 bits per heavy atom. The summed E-state index contributed by atoms with van der Waals surface area (Å²) in [7, 11) is 0. The summed E-state index contributed by atoms with van der Waals surface area (Å²) in [6, 6.07) is 6.04. The number of nitrogens with zero attached hydrogens (tertiary/aromatic N) is 3. The average molecular weight is 331 g/mol. The van der Waals surface area contributed by atoms with Crippen LogP contribution in [0, 0.1) is 10.1 Å². The highest BCUT2D eigenvalue weighted by molar-refractivity contribution is 7.15. The number of non-ortho nitro benzene ring substituents is 1. The number of carboxylic acid groups (broad SMARTS) is 1. The minimum absolute atomic E-state index is 0.00372. The van der Waals surface area contributed by atoms with Crippen LogP contribution >= 0.6 is 11.3 Å². The molecule has 0 fully saturated rings. The average Bonchev–Trinajstić information content (AvgIpc) is 3.06. The van der Waals surface area contributed by atoms with E-state index < -0.39 is 10.9 Å². The van der Waals surface area contributed by atoms with E-state index in [-0.39, 0.29) is 11.4 Å². The van der Waals surface area contributed by atoms with Gasteiger partial charge in [-0.15, -0.1) is 11.3 Å². The molecule has 0 saturated heterocycles. The molecule has 23 heavy (non-hydrogen) atoms. The SMILES string of the molecule is CCCc1nc2scc(-c3ccc([N+](=O)[O-])cc3)n2c1C(=O)O. The van der Waals surface area contributed by atoms with E-state index >= 15 is 0 Å². The number of carbonyl (C=O) groups is 1. The van der Waals surface area contributed by atoms with Crippen LogP contribution < -0.4 is 0 Å². The van der Waals surface area contributed by atoms with Crippen molar-refractivity contribution in [2.45, 2.75) is 19.8 Å². The van der Waals surface area contributed by atoms with Crippen LogP contribution in [-0.4, -0.2) is 25.4 Å². The smallest absolute Gasteiger partial charge is 0.354 e. The van der Waals surface area contributed by atoms with Crippen LogP contribution in [0.3, 0.4) is 0 Å². The molecule has 0 radical (unpaired) electrons. The molecule has 0 atom stereocenters. The number of hydrogen-bond donors (Lipinski definition) is 1. The first-order chi connectivity index (χ1) is 11.0. The maximum Gasteiger partial charge on any atom is 0.354 e. The zero-order valence-electron chi connectivity index (χ0n) is 12.2. The summed E-state index contributed by atoms with van der Waals surface area (Å²) in [5.74, 6) is -1.03. The minimum Gasteiger partial charge on any atom is -0.477 e. The molecule has 0 bridgehead atoms. The third kappa shape index (κ3) is 2.57. The lowest BCUT2D eigenvalue weighted by Crippen LogP contribution is -2.06. The molecular weight excluding hydrogens is 318 g/mol. The molecule has 8 heteroatoms. The summed E-state index contributed by atoms with van der Waals surface area (Å²) in [5, 5.41) is 22.1. The fourth-order valence-electron chi connectivity index (χ4n) is 2.49. The number of carboxylic acids is 1. The minimum atomic E-state index is -1.03. The molecule has 1 aromatic carbocycles. The Kier molecular flexibility index (Phi) is 3.83. The van der Waals surface area contributed by atoms with Gasteiger partial charge >= 0.3 is 5.97 Å². The van der Waals surface area contributed by atoms with Gasteiger partial charge < -0.3 is 5.11 Å². The van der Waals surface area contributed by atoms with Crippen molar-refractivity contribution in [1.82, 2.24) is 9.38 Å². The van der Waals surface area contributed by atoms with Gasteiger partial charge in [0, 0.05) is 17.5 Å². The van der Waals surface area contributed by atoms with Gasteiger partial charge in [-0.25, -0.2) is 9.78 Å². The number of thiazole rings is 1. The number of hydrogen-bond acceptors (Lipinski definition) is 5. The van der Waals surface area contributed by atoms with Crippen LogP contribution in [0.25, 0.3) is 16.2 Å². The van der Waals surface area contributed by atoms with Gasteiger partial charge in [0.05, 0.1) is 16.3 Å². The first-order valence-corrected chi connectivity index (χ1v) is 7.87. The lowest BCUT2D eigenvalue weighted by Gasteiger charge is -2.03. The molecule has 118 valence electrons. The Morgan fingerprint density at radius 3 is 2.65 bits per heavy atom. The maximum absolute atomic E-state index is 11.7. The van der Waals surface area contributed by atoms with Gasteiger partial charge in [-0.2, -0.15) is 0 Å². The van der Waals surface area contributed by atoms with Gasteiger partial charge in [0.25, 0.3) is 5.69 Å². The molecule has 1 N–H and O–H groups in total. The molecule has 3 rings (SSSR count). The van der Waals surface area contributed by atoms with Gasteiger partial charge in [0.1, 0.15) is 0 Å². The topological polar surface area (TPSA) is 97.7 Å². The molecule has 0 saturated carbocycles. The van der Waals surface area contributed by atoms with Crippen molar-refractivity contribution in [3.05, 3.63) is 51.1 Å². The number of fused-ring (bicyclic) bond motifs is 1. The number of aryl methyl sites for hydroxylation is 1. The Labute approximate surface area is 135 Å². The zero-order chi connectivity index (χ0) is 16.6. The summed E-state index contributed by atoms with van der Waals surface area (Å²) in [6.45, 7) is 1.97. The molecule has 2 heterocycles. The van der Waals surface area contributed by atoms with Crippen molar-refractivity contribution in [1.29, 1.82) is 0 Å². The van der Waals surface area contributed by atoms with E-state index in [4.69, 9.17) is 0 Å². The fourth-order valence-corrected chi connectivity index (χ4v) is 3.40. The van der Waals surface area contributed by atoms with E-state index in [9.17, 15) is 20.0 Å². The van der Waals surface area contributed by atoms with Crippen LogP contribution in [0.15, 0.2) is 29.6 Å². The molecule has 2 aromatic heterocycles. The monoisotopic (exact) mass is 331 g/mol. The first-order valence-electron chi connectivity index (χ1n) is 7.00. The fraction of sp³-hybridized carbons (Fsp3) is 0.200. The predicted octanol–water partition coefficient (Wildman–Crippen LogP) is 3.62. The second-order valence-electron chi connectivity index (χ2n) is 5.01. The quantitative estimate of drug-likeness (QED) is 0.569. The lowest BCUT2D eigenvalue weighted by molar-refractivity contribution is -0.384. The highest BCUT2D eigenvalue weighted by Gasteiger charge is 2.22. The van der Waals surface area contributed by atoms with Gasteiger partial charge in [-0.3, -0.25) is 14.5 Å². The van der Waals surface area contributed by atoms with Crippen LogP contribution in [0.5, 0.6) is 0 Å². The van der Waals surface area contributed by atoms with Crippen LogP contribution in [0.4, 0.5) is 5.69 Å². The van der Waals surface area contributed by atoms with E-state index in [1.165, 1.54) is 23.5 Å². The molecule has 7 nitrogen and oxygen atoms in total. The first kappa shape index (κ1) is 15.2. The molecule has 3 aromatic rings. The Morgan fingerprint density at radius 1 is 1.39 bits per heavy atom. The summed E-state index contributed by atoms with van der Waals surface area (Å²) < 4.78 is 1.61. The van der Waals surface area contributed by atoms with Crippen molar-refractivity contribution in [2.75, 3.05) is 0 Å². The summed E-state index contributed by atoms with van der Waals surface area (Å²) in [6.07, 6.45) is 1.40. The highest BCUT2D eigenvalue weighted by atomic mass is 32.1. The molecular formula is C15H13N3O4S. The number of nitro benzene ring substituents is 1. The van der Waals surface area contributed by atoms with E-state index in [0.29, 0.717) is 28.3 Å². The Bertz CT molecular complexity index is 895. The number of rotatable bonds is 5. The van der Waals surface area contributed by atoms with E-state index in [1.807, 2.05) is 12.3 Å². The lowest BCUT2D eigenvalue weighted by atomic mass is 10.1. The summed E-state index contributed by atoms with van der Waals surface area (Å²) in [4.78, 5) is 26.9. The summed E-state index contributed by atoms with van der Waals surface area (Å²) in [5.41, 5.74) is 2.11. The van der Waals surface area contributed by atoms with Crippen molar-refractivity contribution < 1.29 is 14.8 Å². The number of aromatic nitrogens is 2. The van der Waals surface area contributed by atoms with Crippen LogP contribution in [0.1, 0.15) is 29.5 Å². The number of benzene rings is 1. The van der Waals surface area contributed by atoms with Crippen LogP contribution in [0.2, 0.25) is 0 Å². The Hall–Kier alpha value is -2.74. The third-order valence-electron chi connectivity index (χ3n) is 3.50. The molecule has 0 spiro atoms. The van der Waals surface area contributed by atoms with Gasteiger partial charge in [0.2, 0.25) is 0 Å². The third-order valence-corrected chi connectivity index (χ3v) is 4.32. The van der Waals surface area contributed by atoms with Gasteiger partial charge in [-0.1, -0.05) is 13.3 Å². The summed E-state index contributed by atoms with van der Waals surface area (Å²) >= 11 is 1.35. The molecule has 0 aliphatic heterocycles. The second kappa shape index (κ2) is 5.81. The Balaban J connectivity index is 2.18. The predicted molar refractivity (Wildman–Crippen MR) is 86.1 cm³/mol.